The van der Waals surface area contributed by atoms with E-state index in [1.54, 1.807) is 12.1 Å². The van der Waals surface area contributed by atoms with Crippen LogP contribution in [0.1, 0.15) is 25.5 Å². The molecule has 6 nitrogen and oxygen atoms in total. The number of unbranched alkanes of at least 4 members (excludes halogenated alkanes) is 1. The first-order chi connectivity index (χ1) is 14.0. The molecule has 0 saturated carbocycles. The zero-order valence-corrected chi connectivity index (χ0v) is 17.7. The van der Waals surface area contributed by atoms with Crippen molar-refractivity contribution < 1.29 is 13.2 Å². The second-order valence-electron chi connectivity index (χ2n) is 6.51. The number of carbonyl (C=O) groups excluding carboxylic acids is 1. The molecule has 3 rings (SSSR count). The summed E-state index contributed by atoms with van der Waals surface area (Å²) >= 11 is 1.49. The highest BCUT2D eigenvalue weighted by atomic mass is 32.2. The summed E-state index contributed by atoms with van der Waals surface area (Å²) in [4.78, 5) is 17.0. The Kier molecular flexibility index (Phi) is 7.13. The lowest BCUT2D eigenvalue weighted by molar-refractivity contribution is -0.115. The summed E-state index contributed by atoms with van der Waals surface area (Å²) in [5.41, 5.74) is 2.13. The van der Waals surface area contributed by atoms with Gasteiger partial charge in [0, 0.05) is 23.2 Å². The lowest BCUT2D eigenvalue weighted by atomic mass is 10.2. The number of aromatic nitrogens is 1. The average molecular weight is 430 g/mol. The first-order valence-electron chi connectivity index (χ1n) is 9.37. The summed E-state index contributed by atoms with van der Waals surface area (Å²) in [6.07, 6.45) is 1.80. The molecule has 1 heterocycles. The molecule has 0 aliphatic carbocycles. The molecule has 0 atom stereocenters. The number of anilines is 1. The van der Waals surface area contributed by atoms with E-state index in [4.69, 9.17) is 0 Å². The van der Waals surface area contributed by atoms with Crippen molar-refractivity contribution in [3.63, 3.8) is 0 Å². The van der Waals surface area contributed by atoms with Crippen LogP contribution in [0.25, 0.3) is 10.6 Å². The van der Waals surface area contributed by atoms with E-state index in [0.717, 1.165) is 23.4 Å². The summed E-state index contributed by atoms with van der Waals surface area (Å²) in [6.45, 7) is 2.39. The average Bonchev–Trinajstić information content (AvgIpc) is 3.17. The van der Waals surface area contributed by atoms with Crippen LogP contribution in [-0.2, 0) is 21.2 Å². The van der Waals surface area contributed by atoms with Gasteiger partial charge in [0.1, 0.15) is 5.01 Å². The topological polar surface area (TPSA) is 88.2 Å². The number of rotatable bonds is 9. The van der Waals surface area contributed by atoms with E-state index < -0.39 is 10.0 Å². The van der Waals surface area contributed by atoms with Gasteiger partial charge >= 0.3 is 0 Å². The summed E-state index contributed by atoms with van der Waals surface area (Å²) in [7, 11) is -3.59. The van der Waals surface area contributed by atoms with E-state index in [2.05, 4.69) is 15.0 Å². The van der Waals surface area contributed by atoms with Crippen molar-refractivity contribution in [3.8, 4) is 10.6 Å². The third kappa shape index (κ3) is 5.96. The Morgan fingerprint density at radius 1 is 1.10 bits per heavy atom. The van der Waals surface area contributed by atoms with Gasteiger partial charge in [-0.3, -0.25) is 4.79 Å². The molecule has 1 aromatic heterocycles. The van der Waals surface area contributed by atoms with Crippen molar-refractivity contribution >= 4 is 33.0 Å². The fourth-order valence-corrected chi connectivity index (χ4v) is 4.62. The molecular formula is C21H23N3O3S2. The van der Waals surface area contributed by atoms with E-state index >= 15 is 0 Å². The maximum atomic E-state index is 12.4. The Hall–Kier alpha value is -2.55. The van der Waals surface area contributed by atoms with Gasteiger partial charge in [0.15, 0.2) is 0 Å². The van der Waals surface area contributed by atoms with E-state index in [-0.39, 0.29) is 17.2 Å². The number of hydrogen-bond acceptors (Lipinski definition) is 5. The first-order valence-corrected chi connectivity index (χ1v) is 11.7. The van der Waals surface area contributed by atoms with Gasteiger partial charge in [-0.05, 0) is 24.6 Å². The molecule has 1 amide bonds. The van der Waals surface area contributed by atoms with Crippen LogP contribution in [0.2, 0.25) is 0 Å². The predicted octanol–water partition coefficient (Wildman–Crippen LogP) is 4.07. The standard InChI is InChI=1S/C21H23N3O3S2/c1-2-3-12-22-29(26,27)19-11-7-10-17(13-19)23-20(25)14-18-15-28-21(24-18)16-8-5-4-6-9-16/h4-11,13,15,22H,2-3,12,14H2,1H3,(H,23,25). The van der Waals surface area contributed by atoms with Gasteiger partial charge in [0.05, 0.1) is 17.0 Å². The molecule has 0 saturated heterocycles. The SMILES string of the molecule is CCCCNS(=O)(=O)c1cccc(NC(=O)Cc2csc(-c3ccccc3)n2)c1. The molecular weight excluding hydrogens is 406 g/mol. The van der Waals surface area contributed by atoms with Gasteiger partial charge in [0.2, 0.25) is 15.9 Å². The van der Waals surface area contributed by atoms with Crippen molar-refractivity contribution in [2.24, 2.45) is 0 Å². The number of amides is 1. The largest absolute Gasteiger partial charge is 0.326 e. The molecule has 8 heteroatoms. The summed E-state index contributed by atoms with van der Waals surface area (Å²) in [5.74, 6) is -0.247. The number of nitrogens with one attached hydrogen (secondary N) is 2. The molecule has 2 aromatic carbocycles. The van der Waals surface area contributed by atoms with Crippen molar-refractivity contribution in [1.82, 2.24) is 9.71 Å². The highest BCUT2D eigenvalue weighted by Gasteiger charge is 2.15. The van der Waals surface area contributed by atoms with Crippen LogP contribution in [0.4, 0.5) is 5.69 Å². The Labute approximate surface area is 175 Å². The second-order valence-corrected chi connectivity index (χ2v) is 9.14. The van der Waals surface area contributed by atoms with Gasteiger partial charge in [-0.2, -0.15) is 0 Å². The number of sulfonamides is 1. The van der Waals surface area contributed by atoms with Gasteiger partial charge in [-0.1, -0.05) is 49.7 Å². The third-order valence-corrected chi connectivity index (χ3v) is 6.56. The quantitative estimate of drug-likeness (QED) is 0.502. The van der Waals surface area contributed by atoms with Crippen LogP contribution in [-0.4, -0.2) is 25.9 Å². The maximum absolute atomic E-state index is 12.4. The van der Waals surface area contributed by atoms with Gasteiger partial charge in [-0.15, -0.1) is 11.3 Å². The fraction of sp³-hybridized carbons (Fsp3) is 0.238. The number of carbonyl (C=O) groups is 1. The maximum Gasteiger partial charge on any atom is 0.240 e. The zero-order chi connectivity index (χ0) is 20.7. The van der Waals surface area contributed by atoms with Gasteiger partial charge < -0.3 is 5.32 Å². The van der Waals surface area contributed by atoms with Crippen LogP contribution in [0.15, 0.2) is 64.9 Å². The Balaban J connectivity index is 1.63. The van der Waals surface area contributed by atoms with Crippen LogP contribution >= 0.6 is 11.3 Å². The summed E-state index contributed by atoms with van der Waals surface area (Å²) in [6, 6.07) is 16.0. The highest BCUT2D eigenvalue weighted by Crippen LogP contribution is 2.23. The van der Waals surface area contributed by atoms with Crippen molar-refractivity contribution in [3.05, 3.63) is 65.7 Å². The smallest absolute Gasteiger partial charge is 0.240 e. The van der Waals surface area contributed by atoms with Crippen LogP contribution in [0, 0.1) is 0 Å². The number of benzene rings is 2. The molecule has 0 radical (unpaired) electrons. The molecule has 0 aliphatic rings. The molecule has 3 aromatic rings. The second kappa shape index (κ2) is 9.78. The molecule has 0 spiro atoms. The molecule has 0 fully saturated rings. The lowest BCUT2D eigenvalue weighted by Gasteiger charge is -2.09. The van der Waals surface area contributed by atoms with E-state index in [1.807, 2.05) is 42.6 Å². The van der Waals surface area contributed by atoms with Crippen molar-refractivity contribution in [1.29, 1.82) is 0 Å². The Morgan fingerprint density at radius 3 is 2.66 bits per heavy atom. The monoisotopic (exact) mass is 429 g/mol. The van der Waals surface area contributed by atoms with E-state index in [0.29, 0.717) is 17.9 Å². The van der Waals surface area contributed by atoms with Gasteiger partial charge in [-0.25, -0.2) is 18.1 Å². The molecule has 0 unspecified atom stereocenters. The third-order valence-electron chi connectivity index (χ3n) is 4.16. The fourth-order valence-electron chi connectivity index (χ4n) is 2.68. The van der Waals surface area contributed by atoms with Crippen LogP contribution in [0.3, 0.4) is 0 Å². The van der Waals surface area contributed by atoms with E-state index in [1.165, 1.54) is 23.5 Å². The van der Waals surface area contributed by atoms with Crippen LogP contribution in [0.5, 0.6) is 0 Å². The number of nitrogens with zero attached hydrogens (tertiary/aromatic N) is 1. The molecule has 0 bridgehead atoms. The van der Waals surface area contributed by atoms with E-state index in [9.17, 15) is 13.2 Å². The number of thiazole rings is 1. The Bertz CT molecular complexity index is 1060. The van der Waals surface area contributed by atoms with Gasteiger partial charge in [0.25, 0.3) is 0 Å². The first kappa shape index (κ1) is 21.2. The number of hydrogen-bond donors (Lipinski definition) is 2. The molecule has 2 N–H and O–H groups in total. The van der Waals surface area contributed by atoms with Crippen molar-refractivity contribution in [2.75, 3.05) is 11.9 Å². The lowest BCUT2D eigenvalue weighted by Crippen LogP contribution is -2.25. The summed E-state index contributed by atoms with van der Waals surface area (Å²) in [5, 5.41) is 5.47. The zero-order valence-electron chi connectivity index (χ0n) is 16.1. The molecule has 152 valence electrons. The predicted molar refractivity (Wildman–Crippen MR) is 116 cm³/mol. The molecule has 0 aliphatic heterocycles. The minimum atomic E-state index is -3.59. The Morgan fingerprint density at radius 2 is 1.90 bits per heavy atom. The molecule has 29 heavy (non-hydrogen) atoms. The van der Waals surface area contributed by atoms with Crippen LogP contribution < -0.4 is 10.0 Å². The minimum absolute atomic E-state index is 0.120. The highest BCUT2D eigenvalue weighted by molar-refractivity contribution is 7.89. The van der Waals surface area contributed by atoms with Crippen molar-refractivity contribution in [2.45, 2.75) is 31.1 Å². The summed E-state index contributed by atoms with van der Waals surface area (Å²) < 4.78 is 27.2. The normalized spacial score (nSPS) is 11.3. The minimum Gasteiger partial charge on any atom is -0.326 e.